The first-order valence-corrected chi connectivity index (χ1v) is 8.21. The normalized spacial score (nSPS) is 26.5. The van der Waals surface area contributed by atoms with Gasteiger partial charge < -0.3 is 10.4 Å². The Balaban J connectivity index is 1.56. The third kappa shape index (κ3) is 3.01. The SMILES string of the molecule is O=C(O)CSc1nnc(NC2CCN3CCCC23)s1. The molecule has 3 heterocycles. The molecular formula is C11H16N4O2S2. The number of hydrogen-bond donors (Lipinski definition) is 2. The van der Waals surface area contributed by atoms with Crippen molar-refractivity contribution in [3.63, 3.8) is 0 Å². The molecule has 2 atom stereocenters. The summed E-state index contributed by atoms with van der Waals surface area (Å²) in [5.74, 6) is -0.791. The molecule has 0 spiro atoms. The molecule has 0 amide bonds. The van der Waals surface area contributed by atoms with Crippen LogP contribution in [0.4, 0.5) is 5.13 Å². The van der Waals surface area contributed by atoms with Crippen molar-refractivity contribution in [1.82, 2.24) is 15.1 Å². The number of carbonyl (C=O) groups is 1. The maximum Gasteiger partial charge on any atom is 0.313 e. The van der Waals surface area contributed by atoms with Crippen LogP contribution in [0.5, 0.6) is 0 Å². The Labute approximate surface area is 119 Å². The quantitative estimate of drug-likeness (QED) is 0.795. The van der Waals surface area contributed by atoms with Crippen LogP contribution in [0.15, 0.2) is 4.34 Å². The van der Waals surface area contributed by atoms with Gasteiger partial charge in [-0.25, -0.2) is 0 Å². The summed E-state index contributed by atoms with van der Waals surface area (Å²) in [7, 11) is 0. The molecule has 19 heavy (non-hydrogen) atoms. The molecule has 2 saturated heterocycles. The molecule has 0 bridgehead atoms. The summed E-state index contributed by atoms with van der Waals surface area (Å²) in [6, 6.07) is 1.10. The van der Waals surface area contributed by atoms with Crippen LogP contribution in [0, 0.1) is 0 Å². The molecule has 3 rings (SSSR count). The van der Waals surface area contributed by atoms with Crippen LogP contribution in [0.3, 0.4) is 0 Å². The van der Waals surface area contributed by atoms with Gasteiger partial charge in [0.15, 0.2) is 4.34 Å². The number of aliphatic carboxylic acids is 1. The lowest BCUT2D eigenvalue weighted by Crippen LogP contribution is -2.33. The minimum atomic E-state index is -0.827. The van der Waals surface area contributed by atoms with Crippen LogP contribution in [0.1, 0.15) is 19.3 Å². The van der Waals surface area contributed by atoms with Crippen LogP contribution >= 0.6 is 23.1 Å². The number of hydrogen-bond acceptors (Lipinski definition) is 7. The van der Waals surface area contributed by atoms with Crippen molar-refractivity contribution < 1.29 is 9.90 Å². The predicted molar refractivity (Wildman–Crippen MR) is 74.9 cm³/mol. The molecule has 1 aromatic heterocycles. The molecule has 1 aromatic rings. The highest BCUT2D eigenvalue weighted by Crippen LogP contribution is 2.32. The zero-order valence-electron chi connectivity index (χ0n) is 10.4. The Bertz CT molecular complexity index is 467. The van der Waals surface area contributed by atoms with Crippen LogP contribution in [-0.4, -0.2) is 57.1 Å². The van der Waals surface area contributed by atoms with Gasteiger partial charge in [-0.15, -0.1) is 10.2 Å². The van der Waals surface area contributed by atoms with Gasteiger partial charge in [0.2, 0.25) is 5.13 Å². The van der Waals surface area contributed by atoms with Crippen LogP contribution in [0.2, 0.25) is 0 Å². The number of fused-ring (bicyclic) bond motifs is 1. The number of carboxylic acid groups (broad SMARTS) is 1. The summed E-state index contributed by atoms with van der Waals surface area (Å²) in [5, 5.41) is 21.0. The number of rotatable bonds is 5. The first-order chi connectivity index (χ1) is 9.22. The molecule has 6 nitrogen and oxygen atoms in total. The van der Waals surface area contributed by atoms with Gasteiger partial charge in [0.1, 0.15) is 0 Å². The van der Waals surface area contributed by atoms with E-state index in [0.29, 0.717) is 16.4 Å². The molecule has 8 heteroatoms. The fraction of sp³-hybridized carbons (Fsp3) is 0.727. The third-order valence-corrected chi connectivity index (χ3v) is 5.61. The highest BCUT2D eigenvalue weighted by Gasteiger charge is 2.37. The van der Waals surface area contributed by atoms with Gasteiger partial charge in [0.05, 0.1) is 5.75 Å². The average molecular weight is 300 g/mol. The third-order valence-electron chi connectivity index (χ3n) is 3.64. The summed E-state index contributed by atoms with van der Waals surface area (Å²) in [6.45, 7) is 2.39. The van der Waals surface area contributed by atoms with E-state index in [4.69, 9.17) is 5.11 Å². The van der Waals surface area contributed by atoms with E-state index in [9.17, 15) is 4.79 Å². The van der Waals surface area contributed by atoms with Crippen molar-refractivity contribution >= 4 is 34.2 Å². The van der Waals surface area contributed by atoms with E-state index in [1.54, 1.807) is 0 Å². The molecule has 0 aromatic carbocycles. The summed E-state index contributed by atoms with van der Waals surface area (Å²) in [4.78, 5) is 13.0. The number of aromatic nitrogens is 2. The van der Waals surface area contributed by atoms with Gasteiger partial charge in [0.25, 0.3) is 0 Å². The first-order valence-electron chi connectivity index (χ1n) is 6.41. The van der Waals surface area contributed by atoms with E-state index in [1.165, 1.54) is 49.0 Å². The van der Waals surface area contributed by atoms with E-state index in [2.05, 4.69) is 20.4 Å². The Hall–Kier alpha value is -0.860. The van der Waals surface area contributed by atoms with Crippen LogP contribution in [0.25, 0.3) is 0 Å². The van der Waals surface area contributed by atoms with E-state index < -0.39 is 5.97 Å². The van der Waals surface area contributed by atoms with E-state index >= 15 is 0 Å². The largest absolute Gasteiger partial charge is 0.481 e. The molecule has 2 aliphatic heterocycles. The maximum atomic E-state index is 10.5. The maximum absolute atomic E-state index is 10.5. The van der Waals surface area contributed by atoms with E-state index in [-0.39, 0.29) is 5.75 Å². The minimum absolute atomic E-state index is 0.0362. The standard InChI is InChI=1S/C11H16N4O2S2/c16-9(17)6-18-11-14-13-10(19-11)12-7-3-5-15-4-1-2-8(7)15/h7-8H,1-6H2,(H,12,13)(H,16,17). The second-order valence-corrected chi connectivity index (χ2v) is 7.04. The highest BCUT2D eigenvalue weighted by molar-refractivity contribution is 8.01. The van der Waals surface area contributed by atoms with Crippen LogP contribution < -0.4 is 5.32 Å². The molecule has 2 unspecified atom stereocenters. The second kappa shape index (κ2) is 5.64. The van der Waals surface area contributed by atoms with Crippen molar-refractivity contribution in [3.05, 3.63) is 0 Å². The Morgan fingerprint density at radius 1 is 1.47 bits per heavy atom. The lowest BCUT2D eigenvalue weighted by molar-refractivity contribution is -0.133. The van der Waals surface area contributed by atoms with Crippen molar-refractivity contribution in [1.29, 1.82) is 0 Å². The molecule has 2 N–H and O–H groups in total. The molecule has 0 aliphatic carbocycles. The van der Waals surface area contributed by atoms with E-state index in [1.807, 2.05) is 0 Å². The molecule has 2 aliphatic rings. The smallest absolute Gasteiger partial charge is 0.313 e. The predicted octanol–water partition coefficient (Wildman–Crippen LogP) is 1.36. The summed E-state index contributed by atoms with van der Waals surface area (Å²) in [5.41, 5.74) is 0. The van der Waals surface area contributed by atoms with Crippen LogP contribution in [-0.2, 0) is 4.79 Å². The molecule has 0 saturated carbocycles. The summed E-state index contributed by atoms with van der Waals surface area (Å²) >= 11 is 2.67. The van der Waals surface area contributed by atoms with Gasteiger partial charge in [-0.05, 0) is 25.8 Å². The number of carboxylic acids is 1. The van der Waals surface area contributed by atoms with Crippen molar-refractivity contribution in [2.75, 3.05) is 24.2 Å². The van der Waals surface area contributed by atoms with Gasteiger partial charge >= 0.3 is 5.97 Å². The molecule has 0 radical (unpaired) electrons. The number of anilines is 1. The Kier molecular flexibility index (Phi) is 3.90. The lowest BCUT2D eigenvalue weighted by Gasteiger charge is -2.20. The fourth-order valence-corrected chi connectivity index (χ4v) is 4.39. The van der Waals surface area contributed by atoms with Gasteiger partial charge in [-0.2, -0.15) is 0 Å². The Morgan fingerprint density at radius 2 is 2.37 bits per heavy atom. The number of nitrogens with zero attached hydrogens (tertiary/aromatic N) is 3. The van der Waals surface area contributed by atoms with Gasteiger partial charge in [-0.3, -0.25) is 9.69 Å². The zero-order chi connectivity index (χ0) is 13.2. The lowest BCUT2D eigenvalue weighted by atomic mass is 10.1. The van der Waals surface area contributed by atoms with Crippen molar-refractivity contribution in [2.45, 2.75) is 35.7 Å². The molecule has 2 fully saturated rings. The molecule has 104 valence electrons. The second-order valence-electron chi connectivity index (χ2n) is 4.84. The fourth-order valence-electron chi connectivity index (χ4n) is 2.86. The summed E-state index contributed by atoms with van der Waals surface area (Å²) < 4.78 is 0.714. The topological polar surface area (TPSA) is 78.3 Å². The first kappa shape index (κ1) is 13.1. The number of nitrogens with one attached hydrogen (secondary N) is 1. The van der Waals surface area contributed by atoms with Gasteiger partial charge in [0, 0.05) is 18.6 Å². The zero-order valence-corrected chi connectivity index (χ0v) is 12.0. The highest BCUT2D eigenvalue weighted by atomic mass is 32.2. The van der Waals surface area contributed by atoms with Crippen molar-refractivity contribution in [3.8, 4) is 0 Å². The van der Waals surface area contributed by atoms with Gasteiger partial charge in [-0.1, -0.05) is 23.1 Å². The minimum Gasteiger partial charge on any atom is -0.481 e. The number of thioether (sulfide) groups is 1. The monoisotopic (exact) mass is 300 g/mol. The van der Waals surface area contributed by atoms with Crippen molar-refractivity contribution in [2.24, 2.45) is 0 Å². The summed E-state index contributed by atoms with van der Waals surface area (Å²) in [6.07, 6.45) is 3.71. The average Bonchev–Trinajstić information content (AvgIpc) is 3.05. The molecular weight excluding hydrogens is 284 g/mol. The van der Waals surface area contributed by atoms with E-state index in [0.717, 1.165) is 11.6 Å². The Morgan fingerprint density at radius 3 is 3.21 bits per heavy atom.